The topological polar surface area (TPSA) is 55.2 Å². The Morgan fingerprint density at radius 1 is 0.974 bits per heavy atom. The first-order valence-electron chi connectivity index (χ1n) is 12.3. The zero-order chi connectivity index (χ0) is 27.0. The third-order valence-electron chi connectivity index (χ3n) is 6.83. The number of fused-ring (bicyclic) bond motifs is 1. The molecule has 9 heteroatoms. The predicted molar refractivity (Wildman–Crippen MR) is 135 cm³/mol. The molecule has 1 amide bonds. The lowest BCUT2D eigenvalue weighted by atomic mass is 9.98. The molecule has 0 aliphatic carbocycles. The minimum atomic E-state index is -4.37. The second-order valence-corrected chi connectivity index (χ2v) is 9.78. The molecular formula is C29H25F4N3O2. The number of hydrogen-bond donors (Lipinski definition) is 0. The second kappa shape index (κ2) is 10.0. The highest BCUT2D eigenvalue weighted by molar-refractivity contribution is 6.01. The summed E-state index contributed by atoms with van der Waals surface area (Å²) < 4.78 is 52.5. The average molecular weight is 524 g/mol. The lowest BCUT2D eigenvalue weighted by Gasteiger charge is -2.39. The summed E-state index contributed by atoms with van der Waals surface area (Å²) >= 11 is 0. The fraction of sp³-hybridized carbons (Fsp3) is 0.276. The van der Waals surface area contributed by atoms with Gasteiger partial charge in [-0.25, -0.2) is 4.39 Å². The number of nitrogens with zero attached hydrogens (tertiary/aromatic N) is 3. The number of ketones is 1. The van der Waals surface area contributed by atoms with Gasteiger partial charge in [-0.2, -0.15) is 18.3 Å². The molecule has 0 unspecified atom stereocenters. The molecule has 1 aromatic heterocycles. The molecule has 1 aliphatic heterocycles. The molecule has 0 atom stereocenters. The molecule has 1 fully saturated rings. The molecule has 0 N–H and O–H groups in total. The van der Waals surface area contributed by atoms with Gasteiger partial charge in [0.2, 0.25) is 0 Å². The highest BCUT2D eigenvalue weighted by atomic mass is 19.4. The van der Waals surface area contributed by atoms with Gasteiger partial charge >= 0.3 is 6.18 Å². The molecule has 5 nitrogen and oxygen atoms in total. The van der Waals surface area contributed by atoms with Crippen molar-refractivity contribution in [2.75, 3.05) is 13.1 Å². The van der Waals surface area contributed by atoms with Gasteiger partial charge in [0.15, 0.2) is 5.78 Å². The van der Waals surface area contributed by atoms with E-state index in [0.29, 0.717) is 41.7 Å². The molecule has 3 aromatic carbocycles. The fourth-order valence-electron chi connectivity index (χ4n) is 4.76. The normalized spacial score (nSPS) is 14.1. The fourth-order valence-corrected chi connectivity index (χ4v) is 4.76. The Morgan fingerprint density at radius 3 is 2.24 bits per heavy atom. The Labute approximate surface area is 216 Å². The smallest absolute Gasteiger partial charge is 0.338 e. The van der Waals surface area contributed by atoms with Crippen molar-refractivity contribution in [1.29, 1.82) is 0 Å². The molecular weight excluding hydrogens is 498 g/mol. The van der Waals surface area contributed by atoms with Crippen LogP contribution in [0.15, 0.2) is 66.9 Å². The molecule has 38 heavy (non-hydrogen) atoms. The number of Topliss-reactive ketones (excluding diaryl/α,β-unsaturated/α-hetero) is 1. The third-order valence-corrected chi connectivity index (χ3v) is 6.83. The van der Waals surface area contributed by atoms with Crippen LogP contribution < -0.4 is 0 Å². The summed E-state index contributed by atoms with van der Waals surface area (Å²) in [5.41, 5.74) is 3.90. The number of likely N-dealkylation sites (tertiary alicyclic amines) is 1. The Kier molecular flexibility index (Phi) is 6.77. The number of carbonyl (C=O) groups is 2. The van der Waals surface area contributed by atoms with Gasteiger partial charge in [-0.3, -0.25) is 14.3 Å². The Morgan fingerprint density at radius 2 is 1.61 bits per heavy atom. The third kappa shape index (κ3) is 5.61. The second-order valence-electron chi connectivity index (χ2n) is 9.78. The number of aromatic nitrogens is 2. The maximum atomic E-state index is 13.2. The lowest BCUT2D eigenvalue weighted by Crippen LogP contribution is -2.51. The minimum absolute atomic E-state index is 0.0600. The average Bonchev–Trinajstić information content (AvgIpc) is 3.25. The van der Waals surface area contributed by atoms with Crippen LogP contribution in [0.2, 0.25) is 0 Å². The molecule has 0 radical (unpaired) electrons. The maximum absolute atomic E-state index is 13.2. The predicted octanol–water partition coefficient (Wildman–Crippen LogP) is 6.45. The van der Waals surface area contributed by atoms with Gasteiger partial charge in [0.1, 0.15) is 5.82 Å². The first-order valence-corrected chi connectivity index (χ1v) is 12.3. The highest BCUT2D eigenvalue weighted by Gasteiger charge is 2.32. The Hall–Kier alpha value is -4.01. The van der Waals surface area contributed by atoms with Gasteiger partial charge in [-0.15, -0.1) is 0 Å². The van der Waals surface area contributed by atoms with Gasteiger partial charge < -0.3 is 4.90 Å². The van der Waals surface area contributed by atoms with Gasteiger partial charge in [0.25, 0.3) is 5.91 Å². The van der Waals surface area contributed by atoms with E-state index in [9.17, 15) is 27.2 Å². The molecule has 0 bridgehead atoms. The van der Waals surface area contributed by atoms with Crippen molar-refractivity contribution < 1.29 is 27.2 Å². The van der Waals surface area contributed by atoms with E-state index in [2.05, 4.69) is 5.10 Å². The van der Waals surface area contributed by atoms with Crippen LogP contribution >= 0.6 is 0 Å². The van der Waals surface area contributed by atoms with E-state index in [1.165, 1.54) is 12.1 Å². The largest absolute Gasteiger partial charge is 0.389 e. The van der Waals surface area contributed by atoms with E-state index in [4.69, 9.17) is 0 Å². The van der Waals surface area contributed by atoms with Crippen molar-refractivity contribution in [3.05, 3.63) is 89.4 Å². The number of halogens is 4. The van der Waals surface area contributed by atoms with Crippen molar-refractivity contribution in [2.45, 2.75) is 32.5 Å². The highest BCUT2D eigenvalue weighted by Crippen LogP contribution is 2.27. The van der Waals surface area contributed by atoms with Crippen LogP contribution in [-0.2, 0) is 6.54 Å². The summed E-state index contributed by atoms with van der Waals surface area (Å²) in [6.07, 6.45) is -4.30. The minimum Gasteiger partial charge on any atom is -0.338 e. The number of hydrogen-bond acceptors (Lipinski definition) is 3. The van der Waals surface area contributed by atoms with Crippen molar-refractivity contribution in [3.8, 4) is 11.1 Å². The lowest BCUT2D eigenvalue weighted by molar-refractivity contribution is -0.133. The molecule has 5 rings (SSSR count). The standard InChI is InChI=1S/C29H25F4N3O2/c1-18-12-26-23(13-25(18)27(37)10-11-29(31,32)33)17-36(34-26)16-19-14-35(15-19)28(38)22-4-2-20(3-5-22)21-6-8-24(30)9-7-21/h2-9,12-13,17,19H,10-11,14-16H2,1H3. The zero-order valence-corrected chi connectivity index (χ0v) is 20.6. The van der Waals surface area contributed by atoms with Crippen LogP contribution in [0, 0.1) is 18.7 Å². The summed E-state index contributed by atoms with van der Waals surface area (Å²) in [5, 5.41) is 5.25. The molecule has 0 saturated carbocycles. The number of benzene rings is 3. The van der Waals surface area contributed by atoms with Crippen LogP contribution in [-0.4, -0.2) is 45.6 Å². The summed E-state index contributed by atoms with van der Waals surface area (Å²) in [7, 11) is 0. The number of aryl methyl sites for hydroxylation is 1. The van der Waals surface area contributed by atoms with Crippen molar-refractivity contribution in [1.82, 2.24) is 14.7 Å². The number of carbonyl (C=O) groups excluding carboxylic acids is 2. The van der Waals surface area contributed by atoms with Crippen LogP contribution in [0.5, 0.6) is 0 Å². The van der Waals surface area contributed by atoms with E-state index in [-0.39, 0.29) is 23.2 Å². The van der Waals surface area contributed by atoms with E-state index < -0.39 is 24.8 Å². The summed E-state index contributed by atoms with van der Waals surface area (Å²) in [4.78, 5) is 27.0. The monoisotopic (exact) mass is 523 g/mol. The SMILES string of the molecule is Cc1cc2nn(CC3CN(C(=O)c4ccc(-c5ccc(F)cc5)cc4)C3)cc2cc1C(=O)CCC(F)(F)F. The van der Waals surface area contributed by atoms with Crippen molar-refractivity contribution in [3.63, 3.8) is 0 Å². The molecule has 2 heterocycles. The Balaban J connectivity index is 1.18. The summed E-state index contributed by atoms with van der Waals surface area (Å²) in [5.74, 6) is -0.685. The van der Waals surface area contributed by atoms with Crippen molar-refractivity contribution >= 4 is 22.6 Å². The van der Waals surface area contributed by atoms with Crippen LogP contribution in [0.1, 0.15) is 39.1 Å². The van der Waals surface area contributed by atoms with E-state index in [1.54, 1.807) is 59.1 Å². The maximum Gasteiger partial charge on any atom is 0.389 e. The molecule has 1 aliphatic rings. The number of amides is 1. The molecule has 4 aromatic rings. The quantitative estimate of drug-likeness (QED) is 0.207. The van der Waals surface area contributed by atoms with E-state index in [0.717, 1.165) is 11.1 Å². The van der Waals surface area contributed by atoms with Crippen LogP contribution in [0.3, 0.4) is 0 Å². The first kappa shape index (κ1) is 25.6. The van der Waals surface area contributed by atoms with Gasteiger partial charge in [-0.05, 0) is 60.0 Å². The Bertz CT molecular complexity index is 1490. The summed E-state index contributed by atoms with van der Waals surface area (Å²) in [6.45, 7) is 3.43. The first-order chi connectivity index (χ1) is 18.1. The van der Waals surface area contributed by atoms with Gasteiger partial charge in [-0.1, -0.05) is 24.3 Å². The molecule has 1 saturated heterocycles. The van der Waals surface area contributed by atoms with Crippen molar-refractivity contribution in [2.24, 2.45) is 5.92 Å². The van der Waals surface area contributed by atoms with Gasteiger partial charge in [0.05, 0.1) is 11.9 Å². The number of rotatable bonds is 7. The number of alkyl halides is 3. The molecule has 196 valence electrons. The summed E-state index contributed by atoms with van der Waals surface area (Å²) in [6, 6.07) is 16.7. The van der Waals surface area contributed by atoms with Crippen LogP contribution in [0.4, 0.5) is 17.6 Å². The van der Waals surface area contributed by atoms with Crippen LogP contribution in [0.25, 0.3) is 22.0 Å². The zero-order valence-electron chi connectivity index (χ0n) is 20.6. The van der Waals surface area contributed by atoms with E-state index >= 15 is 0 Å². The molecule has 0 spiro atoms. The van der Waals surface area contributed by atoms with E-state index in [1.807, 2.05) is 12.1 Å². The van der Waals surface area contributed by atoms with Gasteiger partial charge in [0, 0.05) is 54.7 Å².